The van der Waals surface area contributed by atoms with Crippen molar-refractivity contribution >= 4 is 27.3 Å². The van der Waals surface area contributed by atoms with Crippen molar-refractivity contribution in [2.24, 2.45) is 0 Å². The molecule has 0 saturated heterocycles. The number of hydrogen-bond acceptors (Lipinski definition) is 7. The van der Waals surface area contributed by atoms with Crippen molar-refractivity contribution in [3.05, 3.63) is 78.2 Å². The minimum absolute atomic E-state index is 0.000613. The molecule has 0 radical (unpaired) electrons. The first-order valence-corrected chi connectivity index (χ1v) is 11.9. The molecule has 0 unspecified atom stereocenters. The van der Waals surface area contributed by atoms with E-state index in [-0.39, 0.29) is 17.2 Å². The molecular weight excluding hydrogens is 474 g/mol. The zero-order valence-corrected chi connectivity index (χ0v) is 19.8. The highest BCUT2D eigenvalue weighted by molar-refractivity contribution is 7.92. The van der Waals surface area contributed by atoms with Gasteiger partial charge in [-0.3, -0.25) is 4.72 Å². The van der Waals surface area contributed by atoms with Crippen molar-refractivity contribution in [3.63, 3.8) is 0 Å². The first-order valence-electron chi connectivity index (χ1n) is 10.5. The fourth-order valence-electron chi connectivity index (χ4n) is 3.37. The van der Waals surface area contributed by atoms with E-state index in [0.29, 0.717) is 28.5 Å². The Morgan fingerprint density at radius 1 is 1.06 bits per heavy atom. The molecule has 0 fully saturated rings. The lowest BCUT2D eigenvalue weighted by Gasteiger charge is -2.14. The van der Waals surface area contributed by atoms with Crippen molar-refractivity contribution in [2.45, 2.75) is 18.4 Å². The third kappa shape index (κ3) is 5.64. The molecule has 0 bridgehead atoms. The second-order valence-electron chi connectivity index (χ2n) is 7.57. The number of carboxylic acid groups (broad SMARTS) is 1. The number of anilines is 1. The number of aromatic nitrogens is 2. The summed E-state index contributed by atoms with van der Waals surface area (Å²) in [5.41, 5.74) is 2.25. The highest BCUT2D eigenvalue weighted by atomic mass is 32.2. The first kappa shape index (κ1) is 23.9. The Morgan fingerprint density at radius 3 is 2.57 bits per heavy atom. The molecule has 2 heterocycles. The maximum absolute atomic E-state index is 12.9. The van der Waals surface area contributed by atoms with Crippen LogP contribution in [0, 0.1) is 6.92 Å². The molecule has 0 amide bonds. The molecule has 0 atom stereocenters. The van der Waals surface area contributed by atoms with Crippen molar-refractivity contribution < 1.29 is 32.5 Å². The maximum Gasteiger partial charge on any atom is 0.341 e. The Balaban J connectivity index is 1.51. The molecule has 0 spiro atoms. The number of aliphatic carboxylic acids is 1. The molecule has 0 aliphatic rings. The molecular formula is C24H23N3O7S. The zero-order chi connectivity index (χ0) is 25.0. The van der Waals surface area contributed by atoms with Gasteiger partial charge in [-0.05, 0) is 55.0 Å². The quantitative estimate of drug-likeness (QED) is 0.341. The summed E-state index contributed by atoms with van der Waals surface area (Å²) in [5.74, 6) is -0.0502. The molecule has 182 valence electrons. The highest BCUT2D eigenvalue weighted by Crippen LogP contribution is 2.32. The summed E-state index contributed by atoms with van der Waals surface area (Å²) in [7, 11) is -2.44. The van der Waals surface area contributed by atoms with Gasteiger partial charge in [-0.25, -0.2) is 18.2 Å². The number of methoxy groups -OCH3 is 1. The molecule has 2 aromatic carbocycles. The van der Waals surface area contributed by atoms with Crippen LogP contribution in [0.15, 0.2) is 71.9 Å². The van der Waals surface area contributed by atoms with Crippen LogP contribution in [0.4, 0.5) is 5.69 Å². The van der Waals surface area contributed by atoms with Crippen LogP contribution in [-0.4, -0.2) is 42.6 Å². The molecule has 35 heavy (non-hydrogen) atoms. The number of ether oxygens (including phenoxy) is 3. The summed E-state index contributed by atoms with van der Waals surface area (Å²) in [5, 5.41) is 8.75. The second kappa shape index (κ2) is 9.94. The van der Waals surface area contributed by atoms with Gasteiger partial charge in [0.1, 0.15) is 18.0 Å². The van der Waals surface area contributed by atoms with E-state index in [9.17, 15) is 13.2 Å². The molecule has 10 nitrogen and oxygen atoms in total. The van der Waals surface area contributed by atoms with E-state index in [1.54, 1.807) is 19.1 Å². The lowest BCUT2D eigenvalue weighted by Crippen LogP contribution is -2.14. The third-order valence-corrected chi connectivity index (χ3v) is 6.39. The number of pyridine rings is 1. The maximum atomic E-state index is 12.9. The van der Waals surface area contributed by atoms with E-state index in [0.717, 1.165) is 5.65 Å². The van der Waals surface area contributed by atoms with Crippen LogP contribution < -0.4 is 18.9 Å². The summed E-state index contributed by atoms with van der Waals surface area (Å²) in [6.45, 7) is 1.27. The van der Waals surface area contributed by atoms with E-state index in [1.165, 1.54) is 31.4 Å². The number of rotatable bonds is 10. The van der Waals surface area contributed by atoms with E-state index in [1.807, 2.05) is 35.0 Å². The van der Waals surface area contributed by atoms with Gasteiger partial charge in [0.2, 0.25) is 0 Å². The van der Waals surface area contributed by atoms with Crippen molar-refractivity contribution in [1.82, 2.24) is 9.38 Å². The van der Waals surface area contributed by atoms with Crippen LogP contribution in [-0.2, 0) is 21.4 Å². The molecule has 11 heteroatoms. The normalized spacial score (nSPS) is 11.3. The summed E-state index contributed by atoms with van der Waals surface area (Å²) in [6.07, 6.45) is 3.73. The predicted octanol–water partition coefficient (Wildman–Crippen LogP) is 3.49. The zero-order valence-electron chi connectivity index (χ0n) is 19.0. The fourth-order valence-corrected chi connectivity index (χ4v) is 4.50. The highest BCUT2D eigenvalue weighted by Gasteiger charge is 2.18. The lowest BCUT2D eigenvalue weighted by atomic mass is 10.2. The number of hydrogen-bond donors (Lipinski definition) is 2. The van der Waals surface area contributed by atoms with Crippen LogP contribution in [0.3, 0.4) is 0 Å². The van der Waals surface area contributed by atoms with Gasteiger partial charge in [-0.1, -0.05) is 6.07 Å². The number of nitrogens with zero attached hydrogens (tertiary/aromatic N) is 2. The minimum Gasteiger partial charge on any atom is -0.493 e. The van der Waals surface area contributed by atoms with Crippen LogP contribution >= 0.6 is 0 Å². The predicted molar refractivity (Wildman–Crippen MR) is 128 cm³/mol. The van der Waals surface area contributed by atoms with Gasteiger partial charge in [0.15, 0.2) is 18.1 Å². The van der Waals surface area contributed by atoms with E-state index >= 15 is 0 Å². The summed E-state index contributed by atoms with van der Waals surface area (Å²) in [4.78, 5) is 15.2. The second-order valence-corrected chi connectivity index (χ2v) is 9.25. The number of fused-ring (bicyclic) bond motifs is 1. The molecule has 0 saturated carbocycles. The topological polar surface area (TPSA) is 128 Å². The van der Waals surface area contributed by atoms with Crippen LogP contribution in [0.25, 0.3) is 5.65 Å². The number of sulfonamides is 1. The Kier molecular flexibility index (Phi) is 6.78. The monoisotopic (exact) mass is 497 g/mol. The summed E-state index contributed by atoms with van der Waals surface area (Å²) >= 11 is 0. The fraction of sp³-hybridized carbons (Fsp3) is 0.167. The van der Waals surface area contributed by atoms with Crippen LogP contribution in [0.2, 0.25) is 0 Å². The standard InChI is InChI=1S/C24H23N3O7S/c1-16-11-19(7-9-20(16)34-15-24(28)29)35(30,31)26-17-6-8-21(32-2)22(12-17)33-14-18-13-27-10-4-3-5-23(27)25-18/h3-13,26H,14-15H2,1-2H3,(H,28,29). The molecule has 4 aromatic rings. The van der Waals surface area contributed by atoms with Gasteiger partial charge < -0.3 is 23.7 Å². The van der Waals surface area contributed by atoms with Gasteiger partial charge in [-0.2, -0.15) is 0 Å². The van der Waals surface area contributed by atoms with Crippen molar-refractivity contribution in [3.8, 4) is 17.2 Å². The number of benzene rings is 2. The summed E-state index contributed by atoms with van der Waals surface area (Å²) < 4.78 is 46.7. The Hall–Kier alpha value is -4.25. The van der Waals surface area contributed by atoms with Crippen LogP contribution in [0.5, 0.6) is 17.2 Å². The SMILES string of the molecule is COc1ccc(NS(=O)(=O)c2ccc(OCC(=O)O)c(C)c2)cc1OCc1cn2ccccc2n1. The van der Waals surface area contributed by atoms with Gasteiger partial charge in [0, 0.05) is 18.5 Å². The van der Waals surface area contributed by atoms with Gasteiger partial charge in [0.05, 0.1) is 23.4 Å². The Bertz CT molecular complexity index is 1450. The summed E-state index contributed by atoms with van der Waals surface area (Å²) in [6, 6.07) is 14.5. The molecule has 4 rings (SSSR count). The van der Waals surface area contributed by atoms with Crippen molar-refractivity contribution in [1.29, 1.82) is 0 Å². The van der Waals surface area contributed by atoms with E-state index < -0.39 is 22.6 Å². The lowest BCUT2D eigenvalue weighted by molar-refractivity contribution is -0.139. The molecule has 0 aliphatic heterocycles. The molecule has 0 aliphatic carbocycles. The number of carbonyl (C=O) groups is 1. The number of carboxylic acids is 1. The van der Waals surface area contributed by atoms with Crippen molar-refractivity contribution in [2.75, 3.05) is 18.4 Å². The first-order chi connectivity index (χ1) is 16.7. The third-order valence-electron chi connectivity index (χ3n) is 5.01. The molecule has 2 aromatic heterocycles. The van der Waals surface area contributed by atoms with E-state index in [4.69, 9.17) is 19.3 Å². The average Bonchev–Trinajstić information content (AvgIpc) is 3.25. The number of imidazole rings is 1. The molecule has 2 N–H and O–H groups in total. The Labute approximate surface area is 201 Å². The smallest absolute Gasteiger partial charge is 0.341 e. The number of aryl methyl sites for hydroxylation is 1. The van der Waals surface area contributed by atoms with Crippen LogP contribution in [0.1, 0.15) is 11.3 Å². The van der Waals surface area contributed by atoms with E-state index in [2.05, 4.69) is 9.71 Å². The largest absolute Gasteiger partial charge is 0.493 e. The van der Waals surface area contributed by atoms with Gasteiger partial charge >= 0.3 is 5.97 Å². The Morgan fingerprint density at radius 2 is 1.86 bits per heavy atom. The van der Waals surface area contributed by atoms with Gasteiger partial charge in [-0.15, -0.1) is 0 Å². The van der Waals surface area contributed by atoms with Gasteiger partial charge in [0.25, 0.3) is 10.0 Å². The average molecular weight is 498 g/mol. The number of nitrogens with one attached hydrogen (secondary N) is 1. The minimum atomic E-state index is -3.94.